The van der Waals surface area contributed by atoms with Gasteiger partial charge in [0, 0.05) is 6.42 Å². The van der Waals surface area contributed by atoms with Gasteiger partial charge in [-0.05, 0) is 12.1 Å². The Morgan fingerprint density at radius 2 is 2.17 bits per heavy atom. The van der Waals surface area contributed by atoms with Crippen molar-refractivity contribution in [3.05, 3.63) is 18.2 Å². The highest BCUT2D eigenvalue weighted by Gasteiger charge is 2.24. The van der Waals surface area contributed by atoms with Crippen LogP contribution in [-0.2, 0) is 9.59 Å². The van der Waals surface area contributed by atoms with Crippen molar-refractivity contribution in [2.24, 2.45) is 0 Å². The summed E-state index contributed by atoms with van der Waals surface area (Å²) in [6, 6.07) is 5.17. The highest BCUT2D eigenvalue weighted by atomic mass is 16.5. The van der Waals surface area contributed by atoms with Gasteiger partial charge in [0.15, 0.2) is 5.75 Å². The molecule has 1 aromatic rings. The topological polar surface area (TPSA) is 92.9 Å². The number of para-hydroxylation sites is 1. The number of carboxylic acids is 1. The molecule has 0 saturated heterocycles. The molecule has 96 valence electrons. The van der Waals surface area contributed by atoms with E-state index < -0.39 is 5.97 Å². The molecule has 6 nitrogen and oxygen atoms in total. The fourth-order valence-electron chi connectivity index (χ4n) is 1.88. The average molecular weight is 250 g/mol. The molecule has 0 unspecified atom stereocenters. The lowest BCUT2D eigenvalue weighted by molar-refractivity contribution is -0.138. The molecule has 1 aliphatic rings. The SMILES string of the molecule is Nc1cccc2c1OCCN2C(=O)CCC(=O)O. The number of carbonyl (C=O) groups excluding carboxylic acids is 1. The van der Waals surface area contributed by atoms with E-state index in [1.165, 1.54) is 4.90 Å². The molecule has 0 spiro atoms. The van der Waals surface area contributed by atoms with Gasteiger partial charge >= 0.3 is 5.97 Å². The van der Waals surface area contributed by atoms with Crippen LogP contribution in [0.3, 0.4) is 0 Å². The van der Waals surface area contributed by atoms with Gasteiger partial charge in [-0.25, -0.2) is 0 Å². The monoisotopic (exact) mass is 250 g/mol. The second-order valence-electron chi connectivity index (χ2n) is 3.98. The van der Waals surface area contributed by atoms with Gasteiger partial charge in [0.2, 0.25) is 5.91 Å². The first-order chi connectivity index (χ1) is 8.59. The number of nitrogens with two attached hydrogens (primary N) is 1. The highest BCUT2D eigenvalue weighted by Crippen LogP contribution is 2.36. The van der Waals surface area contributed by atoms with E-state index in [0.29, 0.717) is 30.3 Å². The smallest absolute Gasteiger partial charge is 0.303 e. The Morgan fingerprint density at radius 1 is 1.39 bits per heavy atom. The molecular weight excluding hydrogens is 236 g/mol. The van der Waals surface area contributed by atoms with Crippen LogP contribution in [0.2, 0.25) is 0 Å². The van der Waals surface area contributed by atoms with Crippen molar-refractivity contribution in [2.45, 2.75) is 12.8 Å². The second kappa shape index (κ2) is 4.95. The van der Waals surface area contributed by atoms with E-state index in [1.807, 2.05) is 0 Å². The maximum absolute atomic E-state index is 11.9. The van der Waals surface area contributed by atoms with Crippen LogP contribution < -0.4 is 15.4 Å². The number of ether oxygens (including phenoxy) is 1. The molecule has 1 heterocycles. The van der Waals surface area contributed by atoms with Gasteiger partial charge in [-0.3, -0.25) is 9.59 Å². The van der Waals surface area contributed by atoms with Crippen LogP contribution >= 0.6 is 0 Å². The molecule has 1 aliphatic heterocycles. The summed E-state index contributed by atoms with van der Waals surface area (Å²) in [5.41, 5.74) is 6.85. The van der Waals surface area contributed by atoms with Crippen molar-refractivity contribution >= 4 is 23.3 Å². The van der Waals surface area contributed by atoms with Crippen LogP contribution in [0.1, 0.15) is 12.8 Å². The van der Waals surface area contributed by atoms with E-state index in [1.54, 1.807) is 18.2 Å². The first-order valence-electron chi connectivity index (χ1n) is 5.63. The van der Waals surface area contributed by atoms with Gasteiger partial charge in [0.05, 0.1) is 24.3 Å². The zero-order valence-electron chi connectivity index (χ0n) is 9.76. The molecule has 0 bridgehead atoms. The Kier molecular flexibility index (Phi) is 3.36. The van der Waals surface area contributed by atoms with Gasteiger partial charge in [-0.1, -0.05) is 6.07 Å². The summed E-state index contributed by atoms with van der Waals surface area (Å²) in [7, 11) is 0. The van der Waals surface area contributed by atoms with Crippen molar-refractivity contribution in [1.82, 2.24) is 0 Å². The van der Waals surface area contributed by atoms with E-state index >= 15 is 0 Å². The van der Waals surface area contributed by atoms with Gasteiger partial charge in [0.25, 0.3) is 0 Å². The lowest BCUT2D eigenvalue weighted by Gasteiger charge is -2.30. The molecule has 0 atom stereocenters. The Hall–Kier alpha value is -2.24. The Labute approximate surface area is 104 Å². The first kappa shape index (κ1) is 12.2. The number of anilines is 2. The van der Waals surface area contributed by atoms with Crippen LogP contribution in [0.5, 0.6) is 5.75 Å². The Morgan fingerprint density at radius 3 is 2.89 bits per heavy atom. The maximum Gasteiger partial charge on any atom is 0.303 e. The molecule has 1 amide bonds. The zero-order valence-corrected chi connectivity index (χ0v) is 9.76. The number of nitrogen functional groups attached to an aromatic ring is 1. The van der Waals surface area contributed by atoms with E-state index in [9.17, 15) is 9.59 Å². The van der Waals surface area contributed by atoms with Crippen LogP contribution in [-0.4, -0.2) is 30.1 Å². The van der Waals surface area contributed by atoms with Crippen LogP contribution in [0.4, 0.5) is 11.4 Å². The normalized spacial score (nSPS) is 13.7. The predicted molar refractivity (Wildman–Crippen MR) is 65.6 cm³/mol. The van der Waals surface area contributed by atoms with E-state index in [0.717, 1.165) is 0 Å². The lowest BCUT2D eigenvalue weighted by atomic mass is 10.2. The maximum atomic E-state index is 11.9. The van der Waals surface area contributed by atoms with Crippen LogP contribution in [0.25, 0.3) is 0 Å². The summed E-state index contributed by atoms with van der Waals surface area (Å²) in [6.07, 6.45) is -0.197. The Bertz CT molecular complexity index is 487. The number of fused-ring (bicyclic) bond motifs is 1. The van der Waals surface area contributed by atoms with Gasteiger partial charge < -0.3 is 20.5 Å². The number of hydrogen-bond donors (Lipinski definition) is 2. The number of aliphatic carboxylic acids is 1. The van der Waals surface area contributed by atoms with Crippen molar-refractivity contribution < 1.29 is 19.4 Å². The third-order valence-electron chi connectivity index (χ3n) is 2.73. The minimum Gasteiger partial charge on any atom is -0.487 e. The van der Waals surface area contributed by atoms with Crippen LogP contribution in [0, 0.1) is 0 Å². The molecule has 1 aromatic carbocycles. The fraction of sp³-hybridized carbons (Fsp3) is 0.333. The van der Waals surface area contributed by atoms with Gasteiger partial charge in [-0.15, -0.1) is 0 Å². The summed E-state index contributed by atoms with van der Waals surface area (Å²) in [4.78, 5) is 23.9. The molecule has 0 radical (unpaired) electrons. The molecule has 6 heteroatoms. The number of amides is 1. The minimum atomic E-state index is -0.982. The predicted octanol–water partition coefficient (Wildman–Crippen LogP) is 0.859. The summed E-state index contributed by atoms with van der Waals surface area (Å²) >= 11 is 0. The van der Waals surface area contributed by atoms with E-state index in [4.69, 9.17) is 15.6 Å². The third kappa shape index (κ3) is 2.37. The molecule has 0 saturated carbocycles. The number of carbonyl (C=O) groups is 2. The molecular formula is C12H14N2O4. The number of rotatable bonds is 3. The van der Waals surface area contributed by atoms with Crippen molar-refractivity contribution in [2.75, 3.05) is 23.8 Å². The quantitative estimate of drug-likeness (QED) is 0.776. The van der Waals surface area contributed by atoms with Crippen LogP contribution in [0.15, 0.2) is 18.2 Å². The summed E-state index contributed by atoms with van der Waals surface area (Å²) in [6.45, 7) is 0.773. The number of benzene rings is 1. The summed E-state index contributed by atoms with van der Waals surface area (Å²) in [5.74, 6) is -0.718. The Balaban J connectivity index is 2.19. The highest BCUT2D eigenvalue weighted by molar-refractivity contribution is 5.97. The molecule has 18 heavy (non-hydrogen) atoms. The molecule has 0 aliphatic carbocycles. The molecule has 3 N–H and O–H groups in total. The summed E-state index contributed by atoms with van der Waals surface area (Å²) in [5, 5.41) is 8.58. The molecule has 2 rings (SSSR count). The van der Waals surface area contributed by atoms with Crippen molar-refractivity contribution in [3.63, 3.8) is 0 Å². The van der Waals surface area contributed by atoms with Gasteiger partial charge in [0.1, 0.15) is 6.61 Å². The zero-order chi connectivity index (χ0) is 13.1. The van der Waals surface area contributed by atoms with E-state index in [-0.39, 0.29) is 18.7 Å². The third-order valence-corrected chi connectivity index (χ3v) is 2.73. The standard InChI is InChI=1S/C12H14N2O4/c13-8-2-1-3-9-12(8)18-7-6-14(9)10(15)4-5-11(16)17/h1-3H,4-7,13H2,(H,16,17). The van der Waals surface area contributed by atoms with Gasteiger partial charge in [-0.2, -0.15) is 0 Å². The molecule has 0 aromatic heterocycles. The number of nitrogens with zero attached hydrogens (tertiary/aromatic N) is 1. The largest absolute Gasteiger partial charge is 0.487 e. The number of hydrogen-bond acceptors (Lipinski definition) is 4. The van der Waals surface area contributed by atoms with Crippen molar-refractivity contribution in [1.29, 1.82) is 0 Å². The summed E-state index contributed by atoms with van der Waals surface area (Å²) < 4.78 is 5.43. The second-order valence-corrected chi connectivity index (χ2v) is 3.98. The molecule has 0 fully saturated rings. The average Bonchev–Trinajstić information content (AvgIpc) is 2.36. The minimum absolute atomic E-state index is 0.0242. The lowest BCUT2D eigenvalue weighted by Crippen LogP contribution is -2.38. The first-order valence-corrected chi connectivity index (χ1v) is 5.63. The fourth-order valence-corrected chi connectivity index (χ4v) is 1.88. The number of carboxylic acid groups (broad SMARTS) is 1. The van der Waals surface area contributed by atoms with Crippen molar-refractivity contribution in [3.8, 4) is 5.75 Å². The van der Waals surface area contributed by atoms with E-state index in [2.05, 4.69) is 0 Å².